The quantitative estimate of drug-likeness (QED) is 0.789. The number of rotatable bonds is 5. The van der Waals surface area contributed by atoms with Crippen LogP contribution in [0.15, 0.2) is 18.2 Å². The largest absolute Gasteiger partial charge is 0.466 e. The number of hydrogen-bond acceptors (Lipinski definition) is 3. The van der Waals surface area contributed by atoms with Crippen LogP contribution < -0.4 is 5.32 Å². The minimum absolute atomic E-state index is 0.242. The molecule has 0 bridgehead atoms. The van der Waals surface area contributed by atoms with E-state index in [-0.39, 0.29) is 5.97 Å². The van der Waals surface area contributed by atoms with E-state index in [1.54, 1.807) is 19.1 Å². The maximum atomic E-state index is 11.3. The summed E-state index contributed by atoms with van der Waals surface area (Å²) < 4.78 is 4.85. The second kappa shape index (κ2) is 6.64. The molecule has 1 rings (SSSR count). The molecule has 1 amide bonds. The van der Waals surface area contributed by atoms with Gasteiger partial charge in [0.05, 0.1) is 6.61 Å². The topological polar surface area (TPSA) is 75.6 Å². The number of carbonyl (C=O) groups excluding carboxylic acids is 1. The van der Waals surface area contributed by atoms with E-state index in [9.17, 15) is 9.59 Å². The Morgan fingerprint density at radius 3 is 2.72 bits per heavy atom. The summed E-state index contributed by atoms with van der Waals surface area (Å²) in [5.41, 5.74) is 2.47. The number of carbonyl (C=O) groups is 2. The number of amides is 1. The summed E-state index contributed by atoms with van der Waals surface area (Å²) in [7, 11) is 0. The third kappa shape index (κ3) is 4.45. The molecular formula is C13H17NO4. The number of ether oxygens (including phenoxy) is 1. The molecule has 0 radical (unpaired) electrons. The Kier molecular flexibility index (Phi) is 5.17. The zero-order valence-corrected chi connectivity index (χ0v) is 10.5. The van der Waals surface area contributed by atoms with Crippen molar-refractivity contribution in [3.8, 4) is 0 Å². The van der Waals surface area contributed by atoms with Crippen molar-refractivity contribution in [3.63, 3.8) is 0 Å². The monoisotopic (exact) mass is 251 g/mol. The summed E-state index contributed by atoms with van der Waals surface area (Å²) in [6.07, 6.45) is -0.263. The van der Waals surface area contributed by atoms with Gasteiger partial charge in [-0.25, -0.2) is 4.79 Å². The van der Waals surface area contributed by atoms with Gasteiger partial charge in [0.2, 0.25) is 0 Å². The van der Waals surface area contributed by atoms with Gasteiger partial charge in [0.1, 0.15) is 0 Å². The second-order valence-corrected chi connectivity index (χ2v) is 3.88. The Morgan fingerprint density at radius 2 is 2.11 bits per heavy atom. The molecule has 0 aliphatic heterocycles. The van der Waals surface area contributed by atoms with Crippen LogP contribution in [0.1, 0.15) is 24.5 Å². The highest BCUT2D eigenvalue weighted by atomic mass is 16.5. The van der Waals surface area contributed by atoms with Gasteiger partial charge in [0, 0.05) is 12.1 Å². The van der Waals surface area contributed by atoms with Gasteiger partial charge < -0.3 is 9.84 Å². The van der Waals surface area contributed by atoms with E-state index < -0.39 is 6.09 Å². The molecule has 0 saturated carbocycles. The van der Waals surface area contributed by atoms with Crippen molar-refractivity contribution >= 4 is 17.7 Å². The van der Waals surface area contributed by atoms with Gasteiger partial charge in [-0.05, 0) is 43.5 Å². The molecule has 0 heterocycles. The summed E-state index contributed by atoms with van der Waals surface area (Å²) >= 11 is 0. The predicted octanol–water partition coefficient (Wildman–Crippen LogP) is 2.58. The van der Waals surface area contributed by atoms with Crippen molar-refractivity contribution in [1.29, 1.82) is 0 Å². The first kappa shape index (κ1) is 14.0. The van der Waals surface area contributed by atoms with E-state index in [4.69, 9.17) is 9.84 Å². The second-order valence-electron chi connectivity index (χ2n) is 3.88. The van der Waals surface area contributed by atoms with Gasteiger partial charge in [-0.2, -0.15) is 0 Å². The molecule has 5 heteroatoms. The number of benzene rings is 1. The zero-order valence-electron chi connectivity index (χ0n) is 10.5. The first-order valence-electron chi connectivity index (χ1n) is 5.78. The normalized spacial score (nSPS) is 9.89. The number of anilines is 1. The molecule has 0 unspecified atom stereocenters. The van der Waals surface area contributed by atoms with Crippen LogP contribution in [0.3, 0.4) is 0 Å². The Morgan fingerprint density at radius 1 is 1.39 bits per heavy atom. The first-order chi connectivity index (χ1) is 8.52. The summed E-state index contributed by atoms with van der Waals surface area (Å²) in [6, 6.07) is 5.26. The Balaban J connectivity index is 2.69. The molecular weight excluding hydrogens is 234 g/mol. The third-order valence-electron chi connectivity index (χ3n) is 2.50. The minimum Gasteiger partial charge on any atom is -0.466 e. The fourth-order valence-electron chi connectivity index (χ4n) is 1.61. The maximum Gasteiger partial charge on any atom is 0.409 e. The molecule has 0 aliphatic carbocycles. The van der Waals surface area contributed by atoms with Crippen LogP contribution in [0.5, 0.6) is 0 Å². The molecule has 0 fully saturated rings. The molecule has 0 saturated heterocycles. The van der Waals surface area contributed by atoms with Crippen molar-refractivity contribution in [2.75, 3.05) is 11.9 Å². The van der Waals surface area contributed by atoms with E-state index in [2.05, 4.69) is 5.32 Å². The van der Waals surface area contributed by atoms with E-state index in [1.165, 1.54) is 0 Å². The average molecular weight is 251 g/mol. The van der Waals surface area contributed by atoms with Gasteiger partial charge in [0.25, 0.3) is 0 Å². The molecule has 1 aromatic rings. The Hall–Kier alpha value is -2.04. The lowest BCUT2D eigenvalue weighted by molar-refractivity contribution is -0.143. The average Bonchev–Trinajstić information content (AvgIpc) is 2.29. The number of aryl methyl sites for hydroxylation is 2. The van der Waals surface area contributed by atoms with Crippen LogP contribution >= 0.6 is 0 Å². The minimum atomic E-state index is -1.10. The van der Waals surface area contributed by atoms with Crippen molar-refractivity contribution in [1.82, 2.24) is 0 Å². The standard InChI is InChI=1S/C13H17NO4/c1-3-18-12(15)7-5-10-8-11(14-13(16)17)6-4-9(10)2/h4,6,8,14H,3,5,7H2,1-2H3,(H,16,17). The highest BCUT2D eigenvalue weighted by Gasteiger charge is 2.06. The summed E-state index contributed by atoms with van der Waals surface area (Å²) in [6.45, 7) is 4.06. The van der Waals surface area contributed by atoms with Crippen LogP contribution in [-0.4, -0.2) is 23.8 Å². The lowest BCUT2D eigenvalue weighted by atomic mass is 10.0. The van der Waals surface area contributed by atoms with Gasteiger partial charge >= 0.3 is 12.1 Å². The number of hydrogen-bond donors (Lipinski definition) is 2. The van der Waals surface area contributed by atoms with E-state index >= 15 is 0 Å². The van der Waals surface area contributed by atoms with Crippen molar-refractivity contribution < 1.29 is 19.4 Å². The van der Waals surface area contributed by atoms with Crippen LogP contribution in [0.2, 0.25) is 0 Å². The fraction of sp³-hybridized carbons (Fsp3) is 0.385. The lowest BCUT2D eigenvalue weighted by Crippen LogP contribution is -2.09. The van der Waals surface area contributed by atoms with Crippen molar-refractivity contribution in [2.45, 2.75) is 26.7 Å². The smallest absolute Gasteiger partial charge is 0.409 e. The zero-order chi connectivity index (χ0) is 13.5. The number of carboxylic acid groups (broad SMARTS) is 1. The number of esters is 1. The van der Waals surface area contributed by atoms with E-state index in [1.807, 2.05) is 13.0 Å². The maximum absolute atomic E-state index is 11.3. The van der Waals surface area contributed by atoms with Crippen molar-refractivity contribution in [2.24, 2.45) is 0 Å². The molecule has 18 heavy (non-hydrogen) atoms. The van der Waals surface area contributed by atoms with E-state index in [0.29, 0.717) is 25.1 Å². The molecule has 0 aliphatic rings. The molecule has 5 nitrogen and oxygen atoms in total. The third-order valence-corrected chi connectivity index (χ3v) is 2.50. The first-order valence-corrected chi connectivity index (χ1v) is 5.78. The van der Waals surface area contributed by atoms with Gasteiger partial charge in [-0.1, -0.05) is 6.07 Å². The lowest BCUT2D eigenvalue weighted by Gasteiger charge is -2.08. The molecule has 0 spiro atoms. The Bertz CT molecular complexity index is 443. The van der Waals surface area contributed by atoms with Crippen LogP contribution in [-0.2, 0) is 16.0 Å². The van der Waals surface area contributed by atoms with Crippen LogP contribution in [0, 0.1) is 6.92 Å². The molecule has 2 N–H and O–H groups in total. The summed E-state index contributed by atoms with van der Waals surface area (Å²) in [5, 5.41) is 10.9. The molecule has 0 atom stereocenters. The number of nitrogens with one attached hydrogen (secondary N) is 1. The molecule has 98 valence electrons. The van der Waals surface area contributed by atoms with Crippen LogP contribution in [0.4, 0.5) is 10.5 Å². The van der Waals surface area contributed by atoms with Crippen molar-refractivity contribution in [3.05, 3.63) is 29.3 Å². The summed E-state index contributed by atoms with van der Waals surface area (Å²) in [5.74, 6) is -0.242. The van der Waals surface area contributed by atoms with E-state index in [0.717, 1.165) is 11.1 Å². The molecule has 1 aromatic carbocycles. The highest BCUT2D eigenvalue weighted by molar-refractivity contribution is 5.83. The predicted molar refractivity (Wildman–Crippen MR) is 67.8 cm³/mol. The Labute approximate surface area is 106 Å². The van der Waals surface area contributed by atoms with Gasteiger partial charge in [0.15, 0.2) is 0 Å². The van der Waals surface area contributed by atoms with Gasteiger partial charge in [-0.3, -0.25) is 10.1 Å². The summed E-state index contributed by atoms with van der Waals surface area (Å²) in [4.78, 5) is 21.8. The fourth-order valence-corrected chi connectivity index (χ4v) is 1.61. The highest BCUT2D eigenvalue weighted by Crippen LogP contribution is 2.17. The van der Waals surface area contributed by atoms with Crippen LogP contribution in [0.25, 0.3) is 0 Å². The SMILES string of the molecule is CCOC(=O)CCc1cc(NC(=O)O)ccc1C. The molecule has 0 aromatic heterocycles. The van der Waals surface area contributed by atoms with Gasteiger partial charge in [-0.15, -0.1) is 0 Å².